The van der Waals surface area contributed by atoms with E-state index in [9.17, 15) is 9.59 Å². The summed E-state index contributed by atoms with van der Waals surface area (Å²) in [5, 5.41) is 0. The molecule has 5 aliphatic rings. The summed E-state index contributed by atoms with van der Waals surface area (Å²) in [4.78, 5) is 25.3. The van der Waals surface area contributed by atoms with Gasteiger partial charge in [0.1, 0.15) is 6.10 Å². The van der Waals surface area contributed by atoms with Crippen LogP contribution >= 0.6 is 22.6 Å². The van der Waals surface area contributed by atoms with Crippen LogP contribution < -0.4 is 0 Å². The van der Waals surface area contributed by atoms with E-state index < -0.39 is 5.60 Å². The van der Waals surface area contributed by atoms with E-state index in [4.69, 9.17) is 9.47 Å². The Kier molecular flexibility index (Phi) is 4.99. The van der Waals surface area contributed by atoms with Gasteiger partial charge in [0.2, 0.25) is 0 Å². The third-order valence-corrected chi connectivity index (χ3v) is 10.9. The lowest BCUT2D eigenvalue weighted by Crippen LogP contribution is -2.52. The standard InChI is InChI=1S/C28H33IO4/c1-16(30)28-24(33-28)15-23-21-8-7-18-14-20(32-25(31)17-5-4-6-19(29)13-17)9-11-26(18,2)22(21)10-12-27(23,28)3/h4-6,10,13,18,20-21,23-24H,7-9,11-12,14-15H2,1-3H3/t18-,20?,21+,23-,24?,26-,27-,28+/m0/s1. The van der Waals surface area contributed by atoms with E-state index in [1.54, 1.807) is 12.5 Å². The highest BCUT2D eigenvalue weighted by Gasteiger charge is 2.78. The Morgan fingerprint density at radius 3 is 2.73 bits per heavy atom. The van der Waals surface area contributed by atoms with E-state index in [1.807, 2.05) is 24.3 Å². The van der Waals surface area contributed by atoms with Crippen molar-refractivity contribution in [2.45, 2.75) is 83.5 Å². The van der Waals surface area contributed by atoms with Crippen LogP contribution in [0.5, 0.6) is 0 Å². The van der Waals surface area contributed by atoms with Gasteiger partial charge in [0.25, 0.3) is 0 Å². The van der Waals surface area contributed by atoms with Gasteiger partial charge in [-0.05, 0) is 116 Å². The number of epoxide rings is 1. The number of benzene rings is 1. The highest BCUT2D eigenvalue weighted by molar-refractivity contribution is 14.1. The number of fused-ring (bicyclic) bond motifs is 7. The van der Waals surface area contributed by atoms with E-state index in [2.05, 4.69) is 42.5 Å². The zero-order chi connectivity index (χ0) is 23.2. The number of halogens is 1. The quantitative estimate of drug-likeness (QED) is 0.194. The monoisotopic (exact) mass is 560 g/mol. The lowest BCUT2D eigenvalue weighted by molar-refractivity contribution is -0.129. The number of hydrogen-bond donors (Lipinski definition) is 0. The molecule has 1 aromatic rings. The van der Waals surface area contributed by atoms with Crippen LogP contribution in [0.2, 0.25) is 0 Å². The molecule has 4 aliphatic carbocycles. The lowest BCUT2D eigenvalue weighted by atomic mass is 9.48. The number of rotatable bonds is 3. The van der Waals surface area contributed by atoms with Gasteiger partial charge >= 0.3 is 5.97 Å². The summed E-state index contributed by atoms with van der Waals surface area (Å²) in [5.41, 5.74) is 1.91. The zero-order valence-corrected chi connectivity index (χ0v) is 21.9. The van der Waals surface area contributed by atoms with Crippen LogP contribution in [0.1, 0.15) is 76.1 Å². The summed E-state index contributed by atoms with van der Waals surface area (Å²) in [5.74, 6) is 1.71. The first-order valence-corrected chi connectivity index (χ1v) is 13.6. The number of allylic oxidation sites excluding steroid dienone is 2. The maximum atomic E-state index is 12.7. The van der Waals surface area contributed by atoms with Crippen LogP contribution in [-0.4, -0.2) is 29.6 Å². The van der Waals surface area contributed by atoms with E-state index in [0.717, 1.165) is 35.7 Å². The fourth-order valence-electron chi connectivity index (χ4n) is 8.50. The molecule has 1 heterocycles. The Morgan fingerprint density at radius 1 is 1.15 bits per heavy atom. The molecule has 1 aliphatic heterocycles. The van der Waals surface area contributed by atoms with Crippen LogP contribution in [-0.2, 0) is 14.3 Å². The maximum absolute atomic E-state index is 12.7. The van der Waals surface area contributed by atoms with E-state index in [1.165, 1.54) is 12.8 Å². The largest absolute Gasteiger partial charge is 0.459 e. The lowest BCUT2D eigenvalue weighted by Gasteiger charge is -2.57. The minimum Gasteiger partial charge on any atom is -0.459 e. The van der Waals surface area contributed by atoms with Gasteiger partial charge in [0, 0.05) is 8.99 Å². The van der Waals surface area contributed by atoms with Crippen molar-refractivity contribution < 1.29 is 19.1 Å². The Balaban J connectivity index is 1.20. The summed E-state index contributed by atoms with van der Waals surface area (Å²) >= 11 is 2.23. The molecule has 8 atom stereocenters. The molecule has 3 saturated carbocycles. The fourth-order valence-corrected chi connectivity index (χ4v) is 9.04. The van der Waals surface area contributed by atoms with Crippen molar-refractivity contribution in [1.29, 1.82) is 0 Å². The average molecular weight is 560 g/mol. The topological polar surface area (TPSA) is 55.9 Å². The molecule has 0 N–H and O–H groups in total. The molecule has 1 saturated heterocycles. The van der Waals surface area contributed by atoms with E-state index in [-0.39, 0.29) is 34.8 Å². The molecule has 4 fully saturated rings. The number of ketones is 1. The molecule has 33 heavy (non-hydrogen) atoms. The molecule has 1 aromatic carbocycles. The molecule has 5 heteroatoms. The summed E-state index contributed by atoms with van der Waals surface area (Å²) in [6.07, 6.45) is 9.96. The van der Waals surface area contributed by atoms with Crippen molar-refractivity contribution in [1.82, 2.24) is 0 Å². The summed E-state index contributed by atoms with van der Waals surface area (Å²) < 4.78 is 13.1. The van der Waals surface area contributed by atoms with Gasteiger partial charge in [0.15, 0.2) is 11.4 Å². The Labute approximate surface area is 210 Å². The molecule has 6 rings (SSSR count). The number of carbonyl (C=O) groups is 2. The van der Waals surface area contributed by atoms with Crippen molar-refractivity contribution in [2.75, 3.05) is 0 Å². The van der Waals surface area contributed by atoms with Gasteiger partial charge < -0.3 is 9.47 Å². The van der Waals surface area contributed by atoms with Gasteiger partial charge in [0.05, 0.1) is 11.7 Å². The number of ether oxygens (including phenoxy) is 2. The van der Waals surface area contributed by atoms with Gasteiger partial charge in [-0.2, -0.15) is 0 Å². The SMILES string of the molecule is CC(=O)[C@@]12OC1C[C@H]1[C@@H]3CC[C@H]4CC(OC(=O)c5cccc(I)c5)CC[C@]4(C)C3=CC[C@@]12C. The molecular formula is C28H33IO4. The molecule has 0 aromatic heterocycles. The Hall–Kier alpha value is -1.21. The van der Waals surface area contributed by atoms with E-state index >= 15 is 0 Å². The molecular weight excluding hydrogens is 527 g/mol. The van der Waals surface area contributed by atoms with Crippen molar-refractivity contribution in [3.8, 4) is 0 Å². The average Bonchev–Trinajstić information content (AvgIpc) is 3.46. The second kappa shape index (κ2) is 7.39. The zero-order valence-electron chi connectivity index (χ0n) is 19.7. The second-order valence-corrected chi connectivity index (χ2v) is 12.9. The highest BCUT2D eigenvalue weighted by Crippen LogP contribution is 2.72. The van der Waals surface area contributed by atoms with Crippen molar-refractivity contribution >= 4 is 34.3 Å². The molecule has 0 radical (unpaired) electrons. The summed E-state index contributed by atoms with van der Waals surface area (Å²) in [6, 6.07) is 7.64. The van der Waals surface area contributed by atoms with Crippen LogP contribution in [0.3, 0.4) is 0 Å². The molecule has 0 amide bonds. The molecule has 4 nitrogen and oxygen atoms in total. The minimum atomic E-state index is -0.515. The number of esters is 1. The summed E-state index contributed by atoms with van der Waals surface area (Å²) in [6.45, 7) is 6.50. The van der Waals surface area contributed by atoms with Gasteiger partial charge in [-0.15, -0.1) is 0 Å². The normalized spacial score (nSPS) is 45.1. The fraction of sp³-hybridized carbons (Fsp3) is 0.643. The van der Waals surface area contributed by atoms with Crippen molar-refractivity contribution in [3.05, 3.63) is 45.0 Å². The third-order valence-electron chi connectivity index (χ3n) is 10.3. The van der Waals surface area contributed by atoms with E-state index in [0.29, 0.717) is 23.3 Å². The first-order valence-electron chi connectivity index (χ1n) is 12.5. The molecule has 0 bridgehead atoms. The summed E-state index contributed by atoms with van der Waals surface area (Å²) in [7, 11) is 0. The predicted octanol–water partition coefficient (Wildman–Crippen LogP) is 6.12. The first-order chi connectivity index (χ1) is 15.7. The van der Waals surface area contributed by atoms with Gasteiger partial charge in [-0.1, -0.05) is 31.6 Å². The number of carbonyl (C=O) groups excluding carboxylic acids is 2. The molecule has 2 unspecified atom stereocenters. The van der Waals surface area contributed by atoms with Crippen LogP contribution in [0.15, 0.2) is 35.9 Å². The van der Waals surface area contributed by atoms with Crippen LogP contribution in [0, 0.1) is 32.2 Å². The number of hydrogen-bond acceptors (Lipinski definition) is 4. The minimum absolute atomic E-state index is 0.00737. The van der Waals surface area contributed by atoms with Crippen molar-refractivity contribution in [2.24, 2.45) is 28.6 Å². The Bertz CT molecular complexity index is 1060. The highest BCUT2D eigenvalue weighted by atomic mass is 127. The van der Waals surface area contributed by atoms with Crippen LogP contribution in [0.25, 0.3) is 0 Å². The molecule has 176 valence electrons. The predicted molar refractivity (Wildman–Crippen MR) is 134 cm³/mol. The van der Waals surface area contributed by atoms with Crippen LogP contribution in [0.4, 0.5) is 0 Å². The second-order valence-electron chi connectivity index (χ2n) is 11.6. The smallest absolute Gasteiger partial charge is 0.338 e. The third kappa shape index (κ3) is 3.03. The number of Topliss-reactive ketones (excluding diaryl/α,β-unsaturated/α-hetero) is 1. The van der Waals surface area contributed by atoms with Gasteiger partial charge in [-0.3, -0.25) is 4.79 Å². The Morgan fingerprint density at radius 2 is 1.97 bits per heavy atom. The first kappa shape index (κ1) is 22.3. The maximum Gasteiger partial charge on any atom is 0.338 e. The molecule has 0 spiro atoms. The van der Waals surface area contributed by atoms with Crippen molar-refractivity contribution in [3.63, 3.8) is 0 Å². The van der Waals surface area contributed by atoms with Gasteiger partial charge in [-0.25, -0.2) is 4.79 Å².